The van der Waals surface area contributed by atoms with Crippen molar-refractivity contribution in [2.24, 2.45) is 0 Å². The van der Waals surface area contributed by atoms with Crippen LogP contribution in [0.2, 0.25) is 0 Å². The summed E-state index contributed by atoms with van der Waals surface area (Å²) in [5, 5.41) is 60.5. The molecule has 2 aliphatic rings. The summed E-state index contributed by atoms with van der Waals surface area (Å²) in [4.78, 5) is 27.0. The van der Waals surface area contributed by atoms with Gasteiger partial charge in [0.1, 0.15) is 29.1 Å². The highest BCUT2D eigenvalue weighted by Gasteiger charge is 2.41. The van der Waals surface area contributed by atoms with Gasteiger partial charge in [-0.2, -0.15) is 0 Å². The topological polar surface area (TPSA) is 174 Å². The van der Waals surface area contributed by atoms with E-state index in [-0.39, 0.29) is 56.6 Å². The first-order chi connectivity index (χ1) is 19.1. The van der Waals surface area contributed by atoms with E-state index in [0.29, 0.717) is 0 Å². The molecule has 0 amide bonds. The second kappa shape index (κ2) is 8.98. The van der Waals surface area contributed by atoms with Gasteiger partial charge in [-0.3, -0.25) is 9.59 Å². The maximum atomic E-state index is 14.0. The highest BCUT2D eigenvalue weighted by atomic mass is 16.5. The van der Waals surface area contributed by atoms with Crippen molar-refractivity contribution in [3.05, 3.63) is 100 Å². The lowest BCUT2D eigenvalue weighted by atomic mass is 9.79. The van der Waals surface area contributed by atoms with E-state index >= 15 is 0 Å². The summed E-state index contributed by atoms with van der Waals surface area (Å²) in [5.41, 5.74) is 0.915. The quantitative estimate of drug-likeness (QED) is 0.159. The molecule has 10 heteroatoms. The summed E-state index contributed by atoms with van der Waals surface area (Å²) in [5.74, 6) is -4.29. The Kier molecular flexibility index (Phi) is 5.54. The molecule has 0 unspecified atom stereocenters. The maximum Gasteiger partial charge on any atom is 0.231 e. The molecule has 200 valence electrons. The van der Waals surface area contributed by atoms with E-state index < -0.39 is 46.6 Å². The van der Waals surface area contributed by atoms with Crippen LogP contribution in [-0.4, -0.2) is 42.2 Å². The molecule has 0 saturated carbocycles. The van der Waals surface area contributed by atoms with Crippen molar-refractivity contribution < 1.29 is 49.7 Å². The fourth-order valence-corrected chi connectivity index (χ4v) is 4.92. The predicted molar refractivity (Wildman–Crippen MR) is 139 cm³/mol. The molecule has 0 spiro atoms. The van der Waals surface area contributed by atoms with Crippen molar-refractivity contribution in [2.45, 2.75) is 12.0 Å². The SMILES string of the molecule is O=C1/C(=C/c2cc(O)c(O)cc2[C@H]2C(=O)c3ccc(O)cc3O[C@@H]2c2ccc(O)c(O)c2)Oc2cc(O)ccc21. The Labute approximate surface area is 225 Å². The fourth-order valence-electron chi connectivity index (χ4n) is 4.92. The number of phenols is 6. The molecule has 0 bridgehead atoms. The Balaban J connectivity index is 1.53. The van der Waals surface area contributed by atoms with Crippen LogP contribution in [0.1, 0.15) is 49.4 Å². The molecular formula is C30H20O10. The van der Waals surface area contributed by atoms with Crippen molar-refractivity contribution in [3.63, 3.8) is 0 Å². The second-order valence-electron chi connectivity index (χ2n) is 9.40. The number of aromatic hydroxyl groups is 6. The molecule has 0 saturated heterocycles. The number of ether oxygens (including phenoxy) is 2. The first kappa shape index (κ1) is 24.7. The smallest absolute Gasteiger partial charge is 0.231 e. The number of phenolic OH excluding ortho intramolecular Hbond substituents is 6. The first-order valence-corrected chi connectivity index (χ1v) is 12.0. The molecular weight excluding hydrogens is 520 g/mol. The number of fused-ring (bicyclic) bond motifs is 2. The monoisotopic (exact) mass is 540 g/mol. The number of hydrogen-bond donors (Lipinski definition) is 6. The summed E-state index contributed by atoms with van der Waals surface area (Å²) in [7, 11) is 0. The third-order valence-electron chi connectivity index (χ3n) is 6.85. The standard InChI is InChI=1S/C30H20O10/c31-15-2-4-17-24(10-15)39-26(28(17)37)9-14-8-22(35)23(36)12-19(14)27-29(38)18-5-3-16(32)11-25(18)40-30(27)13-1-6-20(33)21(34)7-13/h1-12,27,30-36H/b26-9-/t27-,30+/m0/s1. The van der Waals surface area contributed by atoms with Gasteiger partial charge in [-0.25, -0.2) is 0 Å². The molecule has 10 nitrogen and oxygen atoms in total. The van der Waals surface area contributed by atoms with Crippen LogP contribution in [0, 0.1) is 0 Å². The summed E-state index contributed by atoms with van der Waals surface area (Å²) >= 11 is 0. The van der Waals surface area contributed by atoms with Crippen LogP contribution in [0.5, 0.6) is 46.0 Å². The molecule has 6 rings (SSSR count). The Bertz CT molecular complexity index is 1770. The Morgan fingerprint density at radius 2 is 1.30 bits per heavy atom. The summed E-state index contributed by atoms with van der Waals surface area (Å²) < 4.78 is 11.8. The highest BCUT2D eigenvalue weighted by molar-refractivity contribution is 6.15. The fraction of sp³-hybridized carbons (Fsp3) is 0.0667. The van der Waals surface area contributed by atoms with E-state index in [1.807, 2.05) is 0 Å². The number of allylic oxidation sites excluding steroid dienone is 1. The molecule has 0 radical (unpaired) electrons. The van der Waals surface area contributed by atoms with Gasteiger partial charge in [0.25, 0.3) is 0 Å². The summed E-state index contributed by atoms with van der Waals surface area (Å²) in [6.07, 6.45) is 0.169. The summed E-state index contributed by atoms with van der Waals surface area (Å²) in [6.45, 7) is 0. The normalized spacial score (nSPS) is 18.6. The average molecular weight is 540 g/mol. The molecule has 2 atom stereocenters. The zero-order chi connectivity index (χ0) is 28.3. The van der Waals surface area contributed by atoms with Crippen molar-refractivity contribution in [1.82, 2.24) is 0 Å². The van der Waals surface area contributed by atoms with Crippen LogP contribution in [-0.2, 0) is 0 Å². The minimum absolute atomic E-state index is 0.0753. The minimum atomic E-state index is -1.19. The van der Waals surface area contributed by atoms with Gasteiger partial charge < -0.3 is 40.1 Å². The van der Waals surface area contributed by atoms with E-state index in [4.69, 9.17) is 9.47 Å². The van der Waals surface area contributed by atoms with Gasteiger partial charge in [0, 0.05) is 12.1 Å². The third-order valence-corrected chi connectivity index (χ3v) is 6.85. The van der Waals surface area contributed by atoms with Gasteiger partial charge >= 0.3 is 0 Å². The Morgan fingerprint density at radius 1 is 0.650 bits per heavy atom. The Hall–Kier alpha value is -5.64. The van der Waals surface area contributed by atoms with Crippen molar-refractivity contribution in [1.29, 1.82) is 0 Å². The summed E-state index contributed by atoms with van der Waals surface area (Å²) in [6, 6.07) is 14.2. The number of carbonyl (C=O) groups excluding carboxylic acids is 2. The van der Waals surface area contributed by atoms with Gasteiger partial charge in [0.2, 0.25) is 5.78 Å². The molecule has 2 heterocycles. The number of rotatable bonds is 3. The maximum absolute atomic E-state index is 14.0. The molecule has 6 N–H and O–H groups in total. The van der Waals surface area contributed by atoms with Crippen LogP contribution in [0.15, 0.2) is 72.5 Å². The van der Waals surface area contributed by atoms with Gasteiger partial charge in [-0.15, -0.1) is 0 Å². The van der Waals surface area contributed by atoms with E-state index in [0.717, 1.165) is 0 Å². The molecule has 0 aromatic heterocycles. The zero-order valence-electron chi connectivity index (χ0n) is 20.4. The largest absolute Gasteiger partial charge is 0.508 e. The van der Waals surface area contributed by atoms with Crippen molar-refractivity contribution >= 4 is 17.6 Å². The van der Waals surface area contributed by atoms with E-state index in [1.54, 1.807) is 0 Å². The lowest BCUT2D eigenvalue weighted by molar-refractivity contribution is 0.0780. The van der Waals surface area contributed by atoms with Gasteiger partial charge in [-0.05, 0) is 71.3 Å². The van der Waals surface area contributed by atoms with Crippen LogP contribution in [0.25, 0.3) is 6.08 Å². The zero-order valence-corrected chi connectivity index (χ0v) is 20.4. The number of Topliss-reactive ketones (excluding diaryl/α,β-unsaturated/α-hetero) is 2. The molecule has 2 aliphatic heterocycles. The van der Waals surface area contributed by atoms with Gasteiger partial charge in [0.15, 0.2) is 34.5 Å². The van der Waals surface area contributed by atoms with E-state index in [2.05, 4.69) is 0 Å². The average Bonchev–Trinajstić information content (AvgIpc) is 3.21. The van der Waals surface area contributed by atoms with Crippen molar-refractivity contribution in [2.75, 3.05) is 0 Å². The number of ketones is 2. The molecule has 4 aromatic rings. The Morgan fingerprint density at radius 3 is 2.02 bits per heavy atom. The molecule has 4 aromatic carbocycles. The second-order valence-corrected chi connectivity index (χ2v) is 9.40. The predicted octanol–water partition coefficient (Wildman–Crippen LogP) is 4.64. The highest BCUT2D eigenvalue weighted by Crippen LogP contribution is 2.48. The van der Waals surface area contributed by atoms with Gasteiger partial charge in [-0.1, -0.05) is 6.07 Å². The number of carbonyl (C=O) groups is 2. The lowest BCUT2D eigenvalue weighted by Crippen LogP contribution is -2.30. The van der Waals surface area contributed by atoms with Crippen LogP contribution in [0.4, 0.5) is 0 Å². The van der Waals surface area contributed by atoms with E-state index in [9.17, 15) is 40.2 Å². The molecule has 0 fully saturated rings. The van der Waals surface area contributed by atoms with Crippen LogP contribution < -0.4 is 9.47 Å². The number of benzene rings is 4. The molecule has 0 aliphatic carbocycles. The molecule has 40 heavy (non-hydrogen) atoms. The lowest BCUT2D eigenvalue weighted by Gasteiger charge is -2.34. The van der Waals surface area contributed by atoms with Crippen molar-refractivity contribution in [3.8, 4) is 46.0 Å². The minimum Gasteiger partial charge on any atom is -0.508 e. The first-order valence-electron chi connectivity index (χ1n) is 12.0. The number of hydrogen-bond acceptors (Lipinski definition) is 10. The van der Waals surface area contributed by atoms with Crippen LogP contribution >= 0.6 is 0 Å². The van der Waals surface area contributed by atoms with E-state index in [1.165, 1.54) is 72.8 Å². The van der Waals surface area contributed by atoms with Crippen LogP contribution in [0.3, 0.4) is 0 Å². The third kappa shape index (κ3) is 3.99. The van der Waals surface area contributed by atoms with Gasteiger partial charge in [0.05, 0.1) is 17.0 Å².